The van der Waals surface area contributed by atoms with E-state index in [2.05, 4.69) is 10.1 Å². The summed E-state index contributed by atoms with van der Waals surface area (Å²) in [6, 6.07) is 4.01. The molecule has 0 aromatic carbocycles. The third kappa shape index (κ3) is 1.36. The highest BCUT2D eigenvalue weighted by molar-refractivity contribution is 5.58. The zero-order valence-electron chi connectivity index (χ0n) is 7.49. The molecule has 2 heterocycles. The van der Waals surface area contributed by atoms with E-state index in [1.54, 1.807) is 0 Å². The van der Waals surface area contributed by atoms with Crippen LogP contribution < -0.4 is 5.73 Å². The topological polar surface area (TPSA) is 59.6 Å². The fraction of sp³-hybridized carbons (Fsp3) is 0.222. The monoisotopic (exact) mass is 176 g/mol. The van der Waals surface area contributed by atoms with Crippen molar-refractivity contribution in [2.45, 2.75) is 6.54 Å². The first-order chi connectivity index (χ1) is 6.31. The Morgan fingerprint density at radius 3 is 3.00 bits per heavy atom. The van der Waals surface area contributed by atoms with Crippen LogP contribution in [0.3, 0.4) is 0 Å². The number of rotatable bonds is 2. The van der Waals surface area contributed by atoms with Gasteiger partial charge in [0.05, 0.1) is 11.4 Å². The van der Waals surface area contributed by atoms with Gasteiger partial charge in [0.25, 0.3) is 0 Å². The molecule has 3 N–H and O–H groups in total. The SMILES string of the molecule is Cn1nc(CN)cc1-c1cc[nH]c1. The van der Waals surface area contributed by atoms with Gasteiger partial charge in [-0.05, 0) is 12.1 Å². The van der Waals surface area contributed by atoms with Crippen LogP contribution in [0.5, 0.6) is 0 Å². The lowest BCUT2D eigenvalue weighted by molar-refractivity contribution is 0.749. The minimum atomic E-state index is 0.484. The summed E-state index contributed by atoms with van der Waals surface area (Å²) in [5, 5.41) is 4.26. The Bertz CT molecular complexity index is 386. The molecule has 0 radical (unpaired) electrons. The summed E-state index contributed by atoms with van der Waals surface area (Å²) in [4.78, 5) is 3.01. The number of H-pyrrole nitrogens is 1. The van der Waals surface area contributed by atoms with Crippen molar-refractivity contribution in [3.8, 4) is 11.3 Å². The zero-order chi connectivity index (χ0) is 9.26. The van der Waals surface area contributed by atoms with E-state index in [0.29, 0.717) is 6.54 Å². The maximum Gasteiger partial charge on any atom is 0.0766 e. The normalized spacial score (nSPS) is 10.6. The molecule has 0 aliphatic heterocycles. The molecule has 2 aromatic heterocycles. The van der Waals surface area contributed by atoms with Crippen molar-refractivity contribution < 1.29 is 0 Å². The molecule has 0 aliphatic carbocycles. The Hall–Kier alpha value is -1.55. The zero-order valence-corrected chi connectivity index (χ0v) is 7.49. The summed E-state index contributed by atoms with van der Waals surface area (Å²) < 4.78 is 1.84. The van der Waals surface area contributed by atoms with Gasteiger partial charge in [-0.25, -0.2) is 0 Å². The number of aromatic nitrogens is 3. The van der Waals surface area contributed by atoms with Gasteiger partial charge < -0.3 is 10.7 Å². The molecule has 2 aromatic rings. The van der Waals surface area contributed by atoms with E-state index in [4.69, 9.17) is 5.73 Å². The Morgan fingerprint density at radius 2 is 2.46 bits per heavy atom. The predicted octanol–water partition coefficient (Wildman–Crippen LogP) is 0.874. The largest absolute Gasteiger partial charge is 0.367 e. The standard InChI is InChI=1S/C9H12N4/c1-13-9(4-8(5-10)12-13)7-2-3-11-6-7/h2-4,6,11H,5,10H2,1H3. The van der Waals surface area contributed by atoms with E-state index >= 15 is 0 Å². The van der Waals surface area contributed by atoms with Crippen molar-refractivity contribution in [3.05, 3.63) is 30.2 Å². The second-order valence-corrected chi connectivity index (χ2v) is 2.95. The van der Waals surface area contributed by atoms with Gasteiger partial charge >= 0.3 is 0 Å². The lowest BCUT2D eigenvalue weighted by Crippen LogP contribution is -1.98. The quantitative estimate of drug-likeness (QED) is 0.713. The van der Waals surface area contributed by atoms with Crippen molar-refractivity contribution >= 4 is 0 Å². The predicted molar refractivity (Wildman–Crippen MR) is 50.9 cm³/mol. The molecular formula is C9H12N4. The van der Waals surface area contributed by atoms with Crippen molar-refractivity contribution in [2.75, 3.05) is 0 Å². The highest BCUT2D eigenvalue weighted by atomic mass is 15.3. The summed E-state index contributed by atoms with van der Waals surface area (Å²) >= 11 is 0. The Labute approximate surface area is 76.4 Å². The van der Waals surface area contributed by atoms with E-state index in [0.717, 1.165) is 17.0 Å². The van der Waals surface area contributed by atoms with Gasteiger partial charge in [-0.2, -0.15) is 5.10 Å². The fourth-order valence-corrected chi connectivity index (χ4v) is 1.38. The van der Waals surface area contributed by atoms with Gasteiger partial charge in [0, 0.05) is 31.5 Å². The van der Waals surface area contributed by atoms with Crippen LogP contribution in [-0.2, 0) is 13.6 Å². The third-order valence-corrected chi connectivity index (χ3v) is 2.03. The Balaban J connectivity index is 2.46. The fourth-order valence-electron chi connectivity index (χ4n) is 1.38. The molecule has 0 fully saturated rings. The first-order valence-electron chi connectivity index (χ1n) is 4.17. The highest BCUT2D eigenvalue weighted by Gasteiger charge is 2.05. The molecule has 0 atom stereocenters. The smallest absolute Gasteiger partial charge is 0.0766 e. The van der Waals surface area contributed by atoms with Crippen LogP contribution in [0.15, 0.2) is 24.5 Å². The van der Waals surface area contributed by atoms with Crippen LogP contribution in [0.1, 0.15) is 5.69 Å². The molecule has 0 spiro atoms. The molecular weight excluding hydrogens is 164 g/mol. The summed E-state index contributed by atoms with van der Waals surface area (Å²) in [6.07, 6.45) is 3.84. The third-order valence-electron chi connectivity index (χ3n) is 2.03. The van der Waals surface area contributed by atoms with Crippen LogP contribution in [0.4, 0.5) is 0 Å². The van der Waals surface area contributed by atoms with E-state index in [1.165, 1.54) is 0 Å². The van der Waals surface area contributed by atoms with Crippen LogP contribution in [0.2, 0.25) is 0 Å². The van der Waals surface area contributed by atoms with Crippen molar-refractivity contribution in [2.24, 2.45) is 12.8 Å². The number of aryl methyl sites for hydroxylation is 1. The molecule has 2 rings (SSSR count). The lowest BCUT2D eigenvalue weighted by Gasteiger charge is -1.95. The maximum absolute atomic E-state index is 5.50. The number of aromatic amines is 1. The summed E-state index contributed by atoms with van der Waals surface area (Å²) in [5.74, 6) is 0. The summed E-state index contributed by atoms with van der Waals surface area (Å²) in [5.41, 5.74) is 8.64. The Morgan fingerprint density at radius 1 is 1.62 bits per heavy atom. The highest BCUT2D eigenvalue weighted by Crippen LogP contribution is 2.18. The molecule has 0 saturated carbocycles. The number of hydrogen-bond donors (Lipinski definition) is 2. The van der Waals surface area contributed by atoms with Crippen molar-refractivity contribution in [3.63, 3.8) is 0 Å². The number of nitrogens with two attached hydrogens (primary N) is 1. The lowest BCUT2D eigenvalue weighted by atomic mass is 10.2. The van der Waals surface area contributed by atoms with Crippen LogP contribution >= 0.6 is 0 Å². The van der Waals surface area contributed by atoms with Gasteiger partial charge in [-0.3, -0.25) is 4.68 Å². The summed E-state index contributed by atoms with van der Waals surface area (Å²) in [6.45, 7) is 0.484. The molecule has 68 valence electrons. The molecule has 13 heavy (non-hydrogen) atoms. The maximum atomic E-state index is 5.50. The van der Waals surface area contributed by atoms with Gasteiger partial charge in [0.1, 0.15) is 0 Å². The molecule has 0 amide bonds. The first kappa shape index (κ1) is 8.07. The average Bonchev–Trinajstić information content (AvgIpc) is 2.72. The molecule has 0 saturated heterocycles. The second-order valence-electron chi connectivity index (χ2n) is 2.95. The molecule has 4 nitrogen and oxygen atoms in total. The first-order valence-corrected chi connectivity index (χ1v) is 4.17. The second kappa shape index (κ2) is 3.06. The van der Waals surface area contributed by atoms with Crippen LogP contribution in [0, 0.1) is 0 Å². The van der Waals surface area contributed by atoms with E-state index in [1.807, 2.05) is 36.3 Å². The van der Waals surface area contributed by atoms with Gasteiger partial charge in [0.2, 0.25) is 0 Å². The average molecular weight is 176 g/mol. The van der Waals surface area contributed by atoms with Gasteiger partial charge in [0.15, 0.2) is 0 Å². The van der Waals surface area contributed by atoms with Gasteiger partial charge in [-0.1, -0.05) is 0 Å². The van der Waals surface area contributed by atoms with Crippen molar-refractivity contribution in [1.82, 2.24) is 14.8 Å². The summed E-state index contributed by atoms with van der Waals surface area (Å²) in [7, 11) is 1.92. The van der Waals surface area contributed by atoms with Gasteiger partial charge in [-0.15, -0.1) is 0 Å². The molecule has 4 heteroatoms. The number of nitrogens with one attached hydrogen (secondary N) is 1. The number of nitrogens with zero attached hydrogens (tertiary/aromatic N) is 2. The van der Waals surface area contributed by atoms with Crippen molar-refractivity contribution in [1.29, 1.82) is 0 Å². The minimum Gasteiger partial charge on any atom is -0.367 e. The Kier molecular flexibility index (Phi) is 1.90. The van der Waals surface area contributed by atoms with E-state index in [9.17, 15) is 0 Å². The minimum absolute atomic E-state index is 0.484. The molecule has 0 unspecified atom stereocenters. The van der Waals surface area contributed by atoms with E-state index in [-0.39, 0.29) is 0 Å². The van der Waals surface area contributed by atoms with Crippen LogP contribution in [0.25, 0.3) is 11.3 Å². The number of hydrogen-bond acceptors (Lipinski definition) is 2. The van der Waals surface area contributed by atoms with Crippen LogP contribution in [-0.4, -0.2) is 14.8 Å². The molecule has 0 aliphatic rings. The molecule has 0 bridgehead atoms. The van der Waals surface area contributed by atoms with E-state index < -0.39 is 0 Å².